The molecule has 0 N–H and O–H groups in total. The molecule has 8 heteroatoms. The average molecular weight is 1100 g/mol. The van der Waals surface area contributed by atoms with Gasteiger partial charge in [-0.05, 0) is 109 Å². The predicted molar refractivity (Wildman–Crippen MR) is 338 cm³/mol. The normalized spacial score (nSPS) is 14.2. The summed E-state index contributed by atoms with van der Waals surface area (Å²) in [6.07, 6.45) is 47.7. The molecule has 0 saturated carbocycles. The molecule has 9 rings (SSSR count). The van der Waals surface area contributed by atoms with Crippen LogP contribution in [0.4, 0.5) is 0 Å². The first-order valence-corrected chi connectivity index (χ1v) is 34.7. The fourth-order valence-corrected chi connectivity index (χ4v) is 17.8. The van der Waals surface area contributed by atoms with Crippen molar-refractivity contribution < 1.29 is 0 Å². The van der Waals surface area contributed by atoms with E-state index in [9.17, 15) is 0 Å². The van der Waals surface area contributed by atoms with Crippen LogP contribution >= 0.6 is 46.1 Å². The fourth-order valence-electron chi connectivity index (χ4n) is 14.3. The highest BCUT2D eigenvalue weighted by molar-refractivity contribution is 7.29. The Hall–Kier alpha value is -3.04. The van der Waals surface area contributed by atoms with E-state index in [4.69, 9.17) is 17.5 Å². The smallest absolute Gasteiger partial charge is 0.114 e. The molecule has 3 aromatic carbocycles. The summed E-state index contributed by atoms with van der Waals surface area (Å²) in [4.78, 5) is 2.74. The maximum atomic E-state index is 5.42. The molecule has 2 aliphatic rings. The molecule has 2 aliphatic carbocycles. The van der Waals surface area contributed by atoms with E-state index in [1.165, 1.54) is 307 Å². The van der Waals surface area contributed by atoms with Crippen molar-refractivity contribution in [2.45, 2.75) is 284 Å². The molecule has 4 heterocycles. The lowest BCUT2D eigenvalue weighted by Gasteiger charge is -2.35. The van der Waals surface area contributed by atoms with Crippen molar-refractivity contribution in [1.82, 2.24) is 17.5 Å². The molecule has 0 amide bonds. The van der Waals surface area contributed by atoms with Crippen molar-refractivity contribution in [1.29, 1.82) is 0 Å². The van der Waals surface area contributed by atoms with Gasteiger partial charge in [-0.2, -0.15) is 17.5 Å². The van der Waals surface area contributed by atoms with Crippen LogP contribution < -0.4 is 0 Å². The van der Waals surface area contributed by atoms with Crippen molar-refractivity contribution in [2.75, 3.05) is 0 Å². The molecule has 0 spiro atoms. The lowest BCUT2D eigenvalue weighted by Crippen LogP contribution is -2.27. The second-order valence-electron chi connectivity index (χ2n) is 24.1. The molecule has 0 aliphatic heterocycles. The van der Waals surface area contributed by atoms with E-state index in [1.54, 1.807) is 22.3 Å². The van der Waals surface area contributed by atoms with Gasteiger partial charge < -0.3 is 0 Å². The molecule has 4 aromatic heterocycles. The molecule has 0 unspecified atom stereocenters. The molecule has 0 saturated heterocycles. The van der Waals surface area contributed by atoms with E-state index < -0.39 is 0 Å². The second kappa shape index (κ2) is 28.4. The Morgan fingerprint density at radius 1 is 0.329 bits per heavy atom. The number of benzene rings is 3. The minimum absolute atomic E-state index is 0.0616. The topological polar surface area (TPSA) is 51.6 Å². The van der Waals surface area contributed by atoms with Crippen molar-refractivity contribution in [3.8, 4) is 32.7 Å². The summed E-state index contributed by atoms with van der Waals surface area (Å²) in [6.45, 7) is 13.9. The van der Waals surface area contributed by atoms with E-state index in [0.717, 1.165) is 22.1 Å². The molecule has 7 aromatic rings. The van der Waals surface area contributed by atoms with Crippen LogP contribution in [0.5, 0.6) is 0 Å². The highest BCUT2D eigenvalue weighted by Crippen LogP contribution is 2.63. The van der Waals surface area contributed by atoms with Crippen LogP contribution in [-0.2, 0) is 10.8 Å². The first-order valence-electron chi connectivity index (χ1n) is 31.6. The Bertz CT molecular complexity index is 2840. The molecule has 0 atom stereocenters. The number of nitrogens with zero attached hydrogens (tertiary/aromatic N) is 4. The molecule has 0 bridgehead atoms. The molecule has 4 nitrogen and oxygen atoms in total. The van der Waals surface area contributed by atoms with Crippen LogP contribution in [0.25, 0.3) is 64.2 Å². The first kappa shape index (κ1) is 57.6. The van der Waals surface area contributed by atoms with Crippen molar-refractivity contribution in [2.24, 2.45) is 0 Å². The molecule has 76 heavy (non-hydrogen) atoms. The lowest BCUT2D eigenvalue weighted by atomic mass is 9.68. The highest BCUT2D eigenvalue weighted by atomic mass is 32.1. The first-order chi connectivity index (χ1) is 37.4. The Morgan fingerprint density at radius 3 is 1.09 bits per heavy atom. The quantitative estimate of drug-likeness (QED) is 0.0364. The second-order valence-corrected chi connectivity index (χ2v) is 27.5. The fraction of sp³-hybridized carbons (Fsp3) is 0.647. The van der Waals surface area contributed by atoms with Crippen LogP contribution in [0, 0.1) is 13.8 Å². The van der Waals surface area contributed by atoms with E-state index in [2.05, 4.69) is 77.9 Å². The SMILES string of the molecule is CCCCCCCCCCC1(CCCCCCCCCC)c2cc3c(cc2-c2c1cc(C)c1nsnc21)C(CCCCCCCCCC)(CCCCCCCCCC)c1cc(-c2cc4sc(C)cc4s2)c2nsnc2c1-3. The number of thiophene rings is 2. The van der Waals surface area contributed by atoms with E-state index >= 15 is 0 Å². The number of unbranched alkanes of at least 4 members (excludes halogenated alkanes) is 28. The monoisotopic (exact) mass is 1100 g/mol. The maximum absolute atomic E-state index is 5.42. The van der Waals surface area contributed by atoms with E-state index in [0.29, 0.717) is 0 Å². The zero-order chi connectivity index (χ0) is 52.7. The average Bonchev–Trinajstić information content (AvgIpc) is 4.40. The van der Waals surface area contributed by atoms with Gasteiger partial charge in [0.1, 0.15) is 22.1 Å². The third-order valence-corrected chi connectivity index (χ3v) is 21.7. The minimum atomic E-state index is -0.104. The third-order valence-electron chi connectivity index (χ3n) is 18.5. The number of aromatic nitrogens is 4. The lowest BCUT2D eigenvalue weighted by molar-refractivity contribution is 0.394. The van der Waals surface area contributed by atoms with E-state index in [-0.39, 0.29) is 10.8 Å². The van der Waals surface area contributed by atoms with Gasteiger partial charge in [0.05, 0.1) is 23.5 Å². The molecule has 0 radical (unpaired) electrons. The summed E-state index contributed by atoms with van der Waals surface area (Å²) in [5, 5.41) is 0. The van der Waals surface area contributed by atoms with Gasteiger partial charge in [0.25, 0.3) is 0 Å². The molecular formula is C68H96N4S4. The minimum Gasteiger partial charge on any atom is -0.173 e. The van der Waals surface area contributed by atoms with Crippen LogP contribution in [0.1, 0.15) is 292 Å². The number of aryl methyl sites for hydroxylation is 2. The summed E-state index contributed by atoms with van der Waals surface area (Å²) in [6, 6.07) is 15.8. The molecular weight excluding hydrogens is 1000 g/mol. The largest absolute Gasteiger partial charge is 0.173 e. The Balaban J connectivity index is 1.19. The van der Waals surface area contributed by atoms with Crippen molar-refractivity contribution in [3.63, 3.8) is 0 Å². The molecule has 0 fully saturated rings. The van der Waals surface area contributed by atoms with Gasteiger partial charge in [-0.25, -0.2) is 0 Å². The number of fused-ring (bicyclic) bond motifs is 11. The molecule has 412 valence electrons. The van der Waals surface area contributed by atoms with Crippen LogP contribution in [0.3, 0.4) is 0 Å². The van der Waals surface area contributed by atoms with Crippen molar-refractivity contribution >= 4 is 77.6 Å². The number of hydrogen-bond donors (Lipinski definition) is 0. The standard InChI is InChI=1S/C68H96N4S4/c1-7-11-15-19-23-27-31-35-39-67(40-36-32-28-24-20-16-12-8-2)54-46-52-55(45-51(54)61-56(67)43-49(5)63-65(61)71-75-69-63)68(41-37-33-29-25-21-17-13-9-3,42-38-34-30-26-22-18-14-10-4)57-47-53(64-66(62(52)57)72-76-70-64)58-48-60-59(74-58)44-50(6)73-60/h43-48H,7-42H2,1-6H3. The van der Waals surface area contributed by atoms with Gasteiger partial charge >= 0.3 is 0 Å². The van der Waals surface area contributed by atoms with Crippen LogP contribution in [-0.4, -0.2) is 17.5 Å². The van der Waals surface area contributed by atoms with Gasteiger partial charge in [-0.3, -0.25) is 0 Å². The van der Waals surface area contributed by atoms with Gasteiger partial charge in [0, 0.05) is 46.7 Å². The number of hydrogen-bond acceptors (Lipinski definition) is 8. The summed E-state index contributed by atoms with van der Waals surface area (Å²) >= 11 is 6.75. The van der Waals surface area contributed by atoms with Gasteiger partial charge in [0.2, 0.25) is 0 Å². The van der Waals surface area contributed by atoms with Gasteiger partial charge in [-0.1, -0.05) is 239 Å². The van der Waals surface area contributed by atoms with Gasteiger partial charge in [0.15, 0.2) is 0 Å². The van der Waals surface area contributed by atoms with Crippen LogP contribution in [0.2, 0.25) is 0 Å². The van der Waals surface area contributed by atoms with Gasteiger partial charge in [-0.15, -0.1) is 22.7 Å². The zero-order valence-corrected chi connectivity index (χ0v) is 51.6. The third kappa shape index (κ3) is 12.8. The summed E-state index contributed by atoms with van der Waals surface area (Å²) in [5.74, 6) is 0. The highest BCUT2D eigenvalue weighted by Gasteiger charge is 2.50. The van der Waals surface area contributed by atoms with E-state index in [1.807, 2.05) is 22.7 Å². The maximum Gasteiger partial charge on any atom is 0.114 e. The van der Waals surface area contributed by atoms with Crippen LogP contribution in [0.15, 0.2) is 36.4 Å². The zero-order valence-electron chi connectivity index (χ0n) is 48.3. The summed E-state index contributed by atoms with van der Waals surface area (Å²) < 4.78 is 23.8. The summed E-state index contributed by atoms with van der Waals surface area (Å²) in [5.41, 5.74) is 19.1. The predicted octanol–water partition coefficient (Wildman–Crippen LogP) is 23.9. The summed E-state index contributed by atoms with van der Waals surface area (Å²) in [7, 11) is 0. The van der Waals surface area contributed by atoms with Crippen molar-refractivity contribution in [3.05, 3.63) is 69.1 Å². The Kier molecular flexibility index (Phi) is 21.5. The number of rotatable bonds is 37. The Morgan fingerprint density at radius 2 is 0.671 bits per heavy atom. The Labute approximate surface area is 477 Å².